The van der Waals surface area contributed by atoms with Gasteiger partial charge < -0.3 is 4.42 Å². The summed E-state index contributed by atoms with van der Waals surface area (Å²) in [6, 6.07) is 12.9. The van der Waals surface area contributed by atoms with Gasteiger partial charge in [0.1, 0.15) is 10.6 Å². The highest BCUT2D eigenvalue weighted by Crippen LogP contribution is 2.30. The third-order valence-corrected chi connectivity index (χ3v) is 3.41. The van der Waals surface area contributed by atoms with Crippen LogP contribution in [-0.4, -0.2) is 4.92 Å². The van der Waals surface area contributed by atoms with Gasteiger partial charge in [0.05, 0.1) is 10.5 Å². The number of hydrogen-bond donors (Lipinski definition) is 0. The van der Waals surface area contributed by atoms with E-state index in [4.69, 9.17) is 16.0 Å². The maximum Gasteiger partial charge on any atom is 0.344 e. The monoisotopic (exact) mass is 301 g/mol. The maximum atomic E-state index is 12.0. The average Bonchev–Trinajstić information content (AvgIpc) is 2.47. The summed E-state index contributed by atoms with van der Waals surface area (Å²) >= 11 is 5.77. The van der Waals surface area contributed by atoms with Crippen LogP contribution in [0.4, 0.5) is 5.69 Å². The van der Waals surface area contributed by atoms with Crippen molar-refractivity contribution in [1.82, 2.24) is 0 Å². The quantitative estimate of drug-likeness (QED) is 0.407. The zero-order valence-corrected chi connectivity index (χ0v) is 11.3. The van der Waals surface area contributed by atoms with Gasteiger partial charge in [-0.1, -0.05) is 35.9 Å². The number of hydrogen-bond acceptors (Lipinski definition) is 4. The molecule has 1 aromatic heterocycles. The van der Waals surface area contributed by atoms with Crippen molar-refractivity contribution in [1.29, 1.82) is 0 Å². The van der Waals surface area contributed by atoms with Crippen molar-refractivity contribution < 1.29 is 9.34 Å². The van der Waals surface area contributed by atoms with E-state index in [-0.39, 0.29) is 16.3 Å². The summed E-state index contributed by atoms with van der Waals surface area (Å²) < 4.78 is 5.22. The molecule has 0 unspecified atom stereocenters. The van der Waals surface area contributed by atoms with Crippen LogP contribution in [0.2, 0.25) is 5.02 Å². The van der Waals surface area contributed by atoms with Gasteiger partial charge in [-0.15, -0.1) is 0 Å². The van der Waals surface area contributed by atoms with E-state index in [1.807, 2.05) is 6.07 Å². The SMILES string of the molecule is O=c1oc2ccccc2cc1-c1ccc(Cl)c([N+](=O)[O-])c1. The fourth-order valence-electron chi connectivity index (χ4n) is 2.08. The van der Waals surface area contributed by atoms with E-state index in [1.54, 1.807) is 30.3 Å². The van der Waals surface area contributed by atoms with Crippen molar-refractivity contribution in [3.8, 4) is 11.1 Å². The summed E-state index contributed by atoms with van der Waals surface area (Å²) in [7, 11) is 0. The smallest absolute Gasteiger partial charge is 0.344 e. The Kier molecular flexibility index (Phi) is 3.19. The van der Waals surface area contributed by atoms with Crippen LogP contribution in [0.15, 0.2) is 57.7 Å². The van der Waals surface area contributed by atoms with Crippen molar-refractivity contribution >= 4 is 28.3 Å². The number of benzene rings is 2. The number of nitro benzene ring substituents is 1. The largest absolute Gasteiger partial charge is 0.422 e. The van der Waals surface area contributed by atoms with Crippen LogP contribution in [0, 0.1) is 10.1 Å². The Morgan fingerprint density at radius 1 is 1.10 bits per heavy atom. The molecule has 3 rings (SSSR count). The van der Waals surface area contributed by atoms with Gasteiger partial charge in [0.15, 0.2) is 0 Å². The van der Waals surface area contributed by atoms with Crippen molar-refractivity contribution in [2.24, 2.45) is 0 Å². The summed E-state index contributed by atoms with van der Waals surface area (Å²) in [6.45, 7) is 0. The van der Waals surface area contributed by atoms with Crippen LogP contribution in [-0.2, 0) is 0 Å². The van der Waals surface area contributed by atoms with Gasteiger partial charge in [-0.3, -0.25) is 10.1 Å². The van der Waals surface area contributed by atoms with Gasteiger partial charge in [-0.25, -0.2) is 4.79 Å². The van der Waals surface area contributed by atoms with E-state index in [9.17, 15) is 14.9 Å². The molecule has 0 saturated carbocycles. The van der Waals surface area contributed by atoms with Crippen LogP contribution in [0.25, 0.3) is 22.1 Å². The molecule has 0 aliphatic heterocycles. The van der Waals surface area contributed by atoms with Crippen LogP contribution in [0.5, 0.6) is 0 Å². The molecule has 0 radical (unpaired) electrons. The standard InChI is InChI=1S/C15H8ClNO4/c16-12-6-5-9(8-13(12)17(19)20)11-7-10-3-1-2-4-14(10)21-15(11)18/h1-8H. The third-order valence-electron chi connectivity index (χ3n) is 3.10. The zero-order chi connectivity index (χ0) is 15.0. The van der Waals surface area contributed by atoms with E-state index >= 15 is 0 Å². The number of para-hydroxylation sites is 1. The number of nitro groups is 1. The molecule has 0 amide bonds. The second kappa shape index (κ2) is 5.03. The molecular formula is C15H8ClNO4. The van der Waals surface area contributed by atoms with Crippen LogP contribution < -0.4 is 5.63 Å². The van der Waals surface area contributed by atoms with Crippen molar-refractivity contribution in [3.05, 3.63) is 74.1 Å². The van der Waals surface area contributed by atoms with E-state index in [0.717, 1.165) is 5.39 Å². The Bertz CT molecular complexity index is 917. The van der Waals surface area contributed by atoms with Gasteiger partial charge in [-0.2, -0.15) is 0 Å². The highest BCUT2D eigenvalue weighted by molar-refractivity contribution is 6.32. The van der Waals surface area contributed by atoms with E-state index < -0.39 is 10.5 Å². The first-order valence-corrected chi connectivity index (χ1v) is 6.41. The molecule has 5 nitrogen and oxygen atoms in total. The highest BCUT2D eigenvalue weighted by atomic mass is 35.5. The molecule has 0 spiro atoms. The molecule has 0 N–H and O–H groups in total. The Morgan fingerprint density at radius 3 is 2.62 bits per heavy atom. The van der Waals surface area contributed by atoms with Gasteiger partial charge >= 0.3 is 5.63 Å². The Balaban J connectivity index is 2.25. The Labute approximate surface area is 123 Å². The molecule has 0 bridgehead atoms. The van der Waals surface area contributed by atoms with Crippen molar-refractivity contribution in [2.45, 2.75) is 0 Å². The Morgan fingerprint density at radius 2 is 1.86 bits per heavy atom. The number of nitrogens with zero attached hydrogens (tertiary/aromatic N) is 1. The summed E-state index contributed by atoms with van der Waals surface area (Å²) in [5, 5.41) is 11.7. The van der Waals surface area contributed by atoms with Gasteiger partial charge in [-0.05, 0) is 23.8 Å². The van der Waals surface area contributed by atoms with Crippen LogP contribution >= 0.6 is 11.6 Å². The molecule has 0 saturated heterocycles. The normalized spacial score (nSPS) is 10.7. The van der Waals surface area contributed by atoms with Gasteiger partial charge in [0, 0.05) is 11.5 Å². The predicted molar refractivity (Wildman–Crippen MR) is 79.6 cm³/mol. The summed E-state index contributed by atoms with van der Waals surface area (Å²) in [4.78, 5) is 22.4. The lowest BCUT2D eigenvalue weighted by molar-refractivity contribution is -0.384. The van der Waals surface area contributed by atoms with E-state index in [0.29, 0.717) is 11.1 Å². The first-order valence-electron chi connectivity index (χ1n) is 6.03. The first-order chi connectivity index (χ1) is 10.1. The molecule has 0 aliphatic rings. The van der Waals surface area contributed by atoms with E-state index in [1.165, 1.54) is 12.1 Å². The second-order valence-electron chi connectivity index (χ2n) is 4.41. The number of halogens is 1. The first kappa shape index (κ1) is 13.3. The van der Waals surface area contributed by atoms with Gasteiger partial charge in [0.25, 0.3) is 5.69 Å². The summed E-state index contributed by atoms with van der Waals surface area (Å²) in [5.74, 6) is 0. The lowest BCUT2D eigenvalue weighted by Gasteiger charge is -2.03. The van der Waals surface area contributed by atoms with Crippen molar-refractivity contribution in [2.75, 3.05) is 0 Å². The number of fused-ring (bicyclic) bond motifs is 1. The lowest BCUT2D eigenvalue weighted by Crippen LogP contribution is -2.03. The molecule has 0 atom stereocenters. The highest BCUT2D eigenvalue weighted by Gasteiger charge is 2.16. The summed E-state index contributed by atoms with van der Waals surface area (Å²) in [5.41, 5.74) is 0.320. The van der Waals surface area contributed by atoms with Crippen LogP contribution in [0.3, 0.4) is 0 Å². The minimum atomic E-state index is -0.589. The molecule has 0 aliphatic carbocycles. The van der Waals surface area contributed by atoms with Crippen LogP contribution in [0.1, 0.15) is 0 Å². The van der Waals surface area contributed by atoms with E-state index in [2.05, 4.69) is 0 Å². The lowest BCUT2D eigenvalue weighted by atomic mass is 10.1. The number of rotatable bonds is 2. The fraction of sp³-hybridized carbons (Fsp3) is 0. The molecule has 104 valence electrons. The molecule has 6 heteroatoms. The zero-order valence-electron chi connectivity index (χ0n) is 10.6. The molecule has 2 aromatic carbocycles. The minimum absolute atomic E-state index is 0.0222. The fourth-order valence-corrected chi connectivity index (χ4v) is 2.27. The Hall–Kier alpha value is -2.66. The second-order valence-corrected chi connectivity index (χ2v) is 4.82. The predicted octanol–water partition coefficient (Wildman–Crippen LogP) is 4.02. The topological polar surface area (TPSA) is 73.3 Å². The molecular weight excluding hydrogens is 294 g/mol. The third kappa shape index (κ3) is 2.39. The summed E-state index contributed by atoms with van der Waals surface area (Å²) in [6.07, 6.45) is 0. The minimum Gasteiger partial charge on any atom is -0.422 e. The molecule has 1 heterocycles. The molecule has 3 aromatic rings. The van der Waals surface area contributed by atoms with Crippen molar-refractivity contribution in [3.63, 3.8) is 0 Å². The maximum absolute atomic E-state index is 12.0. The molecule has 21 heavy (non-hydrogen) atoms. The van der Waals surface area contributed by atoms with Gasteiger partial charge in [0.2, 0.25) is 0 Å². The molecule has 0 fully saturated rings. The average molecular weight is 302 g/mol.